The fraction of sp³-hybridized carbons (Fsp3) is 0.500. The van der Waals surface area contributed by atoms with E-state index in [2.05, 4.69) is 4.98 Å². The van der Waals surface area contributed by atoms with Gasteiger partial charge in [0.05, 0.1) is 36.3 Å². The molecular formula is C12H12ClF3N2O3. The van der Waals surface area contributed by atoms with E-state index in [1.165, 1.54) is 0 Å². The van der Waals surface area contributed by atoms with E-state index in [0.717, 1.165) is 6.07 Å². The molecule has 21 heavy (non-hydrogen) atoms. The van der Waals surface area contributed by atoms with Gasteiger partial charge in [0, 0.05) is 12.7 Å². The summed E-state index contributed by atoms with van der Waals surface area (Å²) in [5, 5.41) is 8.70. The van der Waals surface area contributed by atoms with Gasteiger partial charge in [-0.05, 0) is 6.07 Å². The molecule has 0 spiro atoms. The Balaban J connectivity index is 2.28. The fourth-order valence-corrected chi connectivity index (χ4v) is 2.38. The highest BCUT2D eigenvalue weighted by atomic mass is 35.5. The van der Waals surface area contributed by atoms with Crippen LogP contribution in [-0.2, 0) is 15.7 Å². The zero-order valence-electron chi connectivity index (χ0n) is 10.7. The Labute approximate surface area is 123 Å². The van der Waals surface area contributed by atoms with Crippen molar-refractivity contribution in [3.8, 4) is 0 Å². The molecule has 1 saturated heterocycles. The molecule has 116 valence electrons. The third-order valence-corrected chi connectivity index (χ3v) is 3.34. The molecule has 1 aliphatic rings. The molecule has 0 radical (unpaired) electrons. The van der Waals surface area contributed by atoms with Gasteiger partial charge in [-0.1, -0.05) is 11.6 Å². The number of aliphatic carboxylic acids is 1. The number of hydrogen-bond acceptors (Lipinski definition) is 4. The first kappa shape index (κ1) is 15.8. The number of pyridine rings is 1. The summed E-state index contributed by atoms with van der Waals surface area (Å²) in [6.07, 6.45) is -4.05. The summed E-state index contributed by atoms with van der Waals surface area (Å²) in [4.78, 5) is 16.2. The van der Waals surface area contributed by atoms with Crippen molar-refractivity contribution in [3.05, 3.63) is 22.8 Å². The minimum Gasteiger partial charge on any atom is -0.481 e. The number of ether oxygens (including phenoxy) is 1. The van der Waals surface area contributed by atoms with Gasteiger partial charge in [-0.15, -0.1) is 0 Å². The fourth-order valence-electron chi connectivity index (χ4n) is 2.10. The number of hydrogen-bond donors (Lipinski definition) is 1. The number of rotatable bonds is 3. The molecule has 0 aliphatic carbocycles. The van der Waals surface area contributed by atoms with E-state index in [1.54, 1.807) is 4.90 Å². The van der Waals surface area contributed by atoms with Crippen molar-refractivity contribution < 1.29 is 27.8 Å². The maximum absolute atomic E-state index is 12.6. The van der Waals surface area contributed by atoms with Gasteiger partial charge in [-0.2, -0.15) is 13.2 Å². The monoisotopic (exact) mass is 324 g/mol. The van der Waals surface area contributed by atoms with E-state index in [0.29, 0.717) is 19.3 Å². The zero-order valence-corrected chi connectivity index (χ0v) is 11.5. The van der Waals surface area contributed by atoms with Crippen molar-refractivity contribution in [3.63, 3.8) is 0 Å². The van der Waals surface area contributed by atoms with Crippen molar-refractivity contribution in [1.82, 2.24) is 4.98 Å². The Bertz CT molecular complexity index is 539. The first-order valence-corrected chi connectivity index (χ1v) is 6.45. The van der Waals surface area contributed by atoms with Crippen molar-refractivity contribution in [1.29, 1.82) is 0 Å². The molecule has 2 heterocycles. The number of nitrogens with zero attached hydrogens (tertiary/aromatic N) is 2. The Morgan fingerprint density at radius 1 is 1.57 bits per heavy atom. The van der Waals surface area contributed by atoms with Crippen LogP contribution in [0.1, 0.15) is 12.0 Å². The molecule has 0 saturated carbocycles. The van der Waals surface area contributed by atoms with Gasteiger partial charge in [0.15, 0.2) is 0 Å². The second-order valence-corrected chi connectivity index (χ2v) is 4.95. The molecule has 5 nitrogen and oxygen atoms in total. The highest BCUT2D eigenvalue weighted by molar-refractivity contribution is 6.33. The molecule has 0 bridgehead atoms. The lowest BCUT2D eigenvalue weighted by Gasteiger charge is -2.36. The van der Waals surface area contributed by atoms with Gasteiger partial charge in [0.2, 0.25) is 0 Å². The van der Waals surface area contributed by atoms with Gasteiger partial charge in [0.25, 0.3) is 0 Å². The molecule has 0 aromatic carbocycles. The quantitative estimate of drug-likeness (QED) is 0.925. The second kappa shape index (κ2) is 6.07. The maximum Gasteiger partial charge on any atom is 0.417 e. The highest BCUT2D eigenvalue weighted by Crippen LogP contribution is 2.34. The average Bonchev–Trinajstić information content (AvgIpc) is 2.38. The van der Waals surface area contributed by atoms with E-state index in [1.807, 2.05) is 0 Å². The van der Waals surface area contributed by atoms with Crippen molar-refractivity contribution in [2.75, 3.05) is 24.7 Å². The van der Waals surface area contributed by atoms with E-state index in [9.17, 15) is 18.0 Å². The Hall–Kier alpha value is -1.54. The normalized spacial score (nSPS) is 19.6. The minimum absolute atomic E-state index is 0.138. The summed E-state index contributed by atoms with van der Waals surface area (Å²) in [6, 6.07) is 0.273. The van der Waals surface area contributed by atoms with Crippen molar-refractivity contribution >= 4 is 23.4 Å². The summed E-state index contributed by atoms with van der Waals surface area (Å²) in [7, 11) is 0. The molecular weight excluding hydrogens is 313 g/mol. The molecule has 1 aliphatic heterocycles. The zero-order chi connectivity index (χ0) is 15.6. The smallest absolute Gasteiger partial charge is 0.417 e. The van der Waals surface area contributed by atoms with Gasteiger partial charge in [0.1, 0.15) is 5.82 Å². The number of anilines is 1. The summed E-state index contributed by atoms with van der Waals surface area (Å²) in [5.41, 5.74) is -0.945. The van der Waals surface area contributed by atoms with Crippen LogP contribution in [0.25, 0.3) is 0 Å². The first-order valence-electron chi connectivity index (χ1n) is 6.08. The van der Waals surface area contributed by atoms with Crippen LogP contribution in [0.3, 0.4) is 0 Å². The molecule has 1 unspecified atom stereocenters. The third-order valence-electron chi connectivity index (χ3n) is 3.06. The number of carboxylic acids is 1. The summed E-state index contributed by atoms with van der Waals surface area (Å²) in [5.74, 6) is -0.891. The Morgan fingerprint density at radius 3 is 2.86 bits per heavy atom. The standard InChI is InChI=1S/C12H12ClF3N2O3/c13-9-3-7(12(14,15)16)5-17-11(9)18-1-2-21-6-8(18)4-10(19)20/h3,5,8H,1-2,4,6H2,(H,19,20). The van der Waals surface area contributed by atoms with Crippen molar-refractivity contribution in [2.45, 2.75) is 18.6 Å². The number of morpholine rings is 1. The highest BCUT2D eigenvalue weighted by Gasteiger charge is 2.33. The number of halogens is 4. The topological polar surface area (TPSA) is 62.7 Å². The predicted molar refractivity (Wildman–Crippen MR) is 68.5 cm³/mol. The molecule has 1 aromatic heterocycles. The van der Waals surface area contributed by atoms with E-state index in [4.69, 9.17) is 21.4 Å². The molecule has 1 aromatic rings. The van der Waals surface area contributed by atoms with Gasteiger partial charge in [-0.25, -0.2) is 4.98 Å². The molecule has 1 fully saturated rings. The molecule has 2 rings (SSSR count). The summed E-state index contributed by atoms with van der Waals surface area (Å²) >= 11 is 5.88. The van der Waals surface area contributed by atoms with E-state index in [-0.39, 0.29) is 23.9 Å². The summed E-state index contributed by atoms with van der Waals surface area (Å²) in [6.45, 7) is 0.802. The molecule has 1 atom stereocenters. The van der Waals surface area contributed by atoms with Crippen LogP contribution < -0.4 is 4.90 Å². The number of carbonyl (C=O) groups is 1. The number of alkyl halides is 3. The van der Waals surface area contributed by atoms with Crippen LogP contribution >= 0.6 is 11.6 Å². The molecule has 1 N–H and O–H groups in total. The Kier molecular flexibility index (Phi) is 4.58. The van der Waals surface area contributed by atoms with Crippen LogP contribution in [0.2, 0.25) is 5.02 Å². The molecule has 9 heteroatoms. The lowest BCUT2D eigenvalue weighted by molar-refractivity contribution is -0.138. The van der Waals surface area contributed by atoms with Crippen LogP contribution in [0.4, 0.5) is 19.0 Å². The Morgan fingerprint density at radius 2 is 2.29 bits per heavy atom. The van der Waals surface area contributed by atoms with E-state index < -0.39 is 23.8 Å². The van der Waals surface area contributed by atoms with Crippen LogP contribution in [-0.4, -0.2) is 41.9 Å². The van der Waals surface area contributed by atoms with E-state index >= 15 is 0 Å². The van der Waals surface area contributed by atoms with Crippen LogP contribution in [0, 0.1) is 0 Å². The van der Waals surface area contributed by atoms with Crippen LogP contribution in [0.5, 0.6) is 0 Å². The largest absolute Gasteiger partial charge is 0.481 e. The van der Waals surface area contributed by atoms with Gasteiger partial charge >= 0.3 is 12.1 Å². The number of carboxylic acid groups (broad SMARTS) is 1. The van der Waals surface area contributed by atoms with Crippen LogP contribution in [0.15, 0.2) is 12.3 Å². The maximum atomic E-state index is 12.6. The molecule has 0 amide bonds. The first-order chi connectivity index (χ1) is 9.79. The van der Waals surface area contributed by atoms with Gasteiger partial charge in [-0.3, -0.25) is 4.79 Å². The van der Waals surface area contributed by atoms with Crippen molar-refractivity contribution in [2.24, 2.45) is 0 Å². The predicted octanol–water partition coefficient (Wildman–Crippen LogP) is 2.43. The minimum atomic E-state index is -4.53. The lowest BCUT2D eigenvalue weighted by Crippen LogP contribution is -2.47. The summed E-state index contributed by atoms with van der Waals surface area (Å²) < 4.78 is 42.9. The SMILES string of the molecule is O=C(O)CC1COCCN1c1ncc(C(F)(F)F)cc1Cl. The third kappa shape index (κ3) is 3.76. The second-order valence-electron chi connectivity index (χ2n) is 4.55. The lowest BCUT2D eigenvalue weighted by atomic mass is 10.1. The van der Waals surface area contributed by atoms with Gasteiger partial charge < -0.3 is 14.7 Å². The average molecular weight is 325 g/mol. The number of aromatic nitrogens is 1.